The van der Waals surface area contributed by atoms with Gasteiger partial charge >= 0.3 is 0 Å². The van der Waals surface area contributed by atoms with Crippen LogP contribution in [-0.4, -0.2) is 33.5 Å². The van der Waals surface area contributed by atoms with Crippen molar-refractivity contribution in [1.82, 2.24) is 0 Å². The van der Waals surface area contributed by atoms with E-state index in [2.05, 4.69) is 0 Å². The average molecular weight is 271 g/mol. The second-order valence-corrected chi connectivity index (χ2v) is 4.29. The fourth-order valence-electron chi connectivity index (χ4n) is 1.54. The number of methoxy groups -OCH3 is 1. The molecule has 2 N–H and O–H groups in total. The molecule has 0 saturated carbocycles. The van der Waals surface area contributed by atoms with E-state index in [0.717, 1.165) is 12.0 Å². The molecular weight excluding hydrogens is 249 g/mol. The van der Waals surface area contributed by atoms with Gasteiger partial charge in [0.15, 0.2) is 11.6 Å². The summed E-state index contributed by atoms with van der Waals surface area (Å²) in [7, 11) is 1.65. The minimum atomic E-state index is -0.394. The normalized spacial score (nSPS) is 12.4. The maximum absolute atomic E-state index is 13.6. The van der Waals surface area contributed by atoms with Crippen LogP contribution in [0.2, 0.25) is 0 Å². The second-order valence-electron chi connectivity index (χ2n) is 4.29. The Bertz CT molecular complexity index is 372. The summed E-state index contributed by atoms with van der Waals surface area (Å²) in [6, 6.07) is 4.58. The first-order valence-corrected chi connectivity index (χ1v) is 6.39. The number of halogens is 1. The van der Waals surface area contributed by atoms with Gasteiger partial charge in [-0.05, 0) is 31.0 Å². The molecule has 0 fully saturated rings. The molecule has 108 valence electrons. The molecule has 4 nitrogen and oxygen atoms in total. The zero-order valence-electron chi connectivity index (χ0n) is 11.5. The lowest BCUT2D eigenvalue weighted by molar-refractivity contribution is 0.0797. The van der Waals surface area contributed by atoms with Crippen LogP contribution in [0, 0.1) is 5.82 Å². The molecule has 1 atom stereocenters. The van der Waals surface area contributed by atoms with E-state index < -0.39 is 5.82 Å². The van der Waals surface area contributed by atoms with Crippen molar-refractivity contribution in [3.8, 4) is 5.75 Å². The van der Waals surface area contributed by atoms with E-state index in [9.17, 15) is 4.39 Å². The van der Waals surface area contributed by atoms with E-state index in [0.29, 0.717) is 26.4 Å². The average Bonchev–Trinajstić information content (AvgIpc) is 2.39. The summed E-state index contributed by atoms with van der Waals surface area (Å²) >= 11 is 0. The molecule has 0 aromatic heterocycles. The van der Waals surface area contributed by atoms with E-state index in [1.165, 1.54) is 6.07 Å². The van der Waals surface area contributed by atoms with E-state index in [-0.39, 0.29) is 11.8 Å². The largest absolute Gasteiger partial charge is 0.488 e. The van der Waals surface area contributed by atoms with Crippen molar-refractivity contribution in [3.63, 3.8) is 0 Å². The molecule has 0 amide bonds. The van der Waals surface area contributed by atoms with Gasteiger partial charge in [-0.25, -0.2) is 4.39 Å². The van der Waals surface area contributed by atoms with Crippen molar-refractivity contribution in [2.24, 2.45) is 5.73 Å². The summed E-state index contributed by atoms with van der Waals surface area (Å²) in [4.78, 5) is 0. The summed E-state index contributed by atoms with van der Waals surface area (Å²) in [5, 5.41) is 0. The van der Waals surface area contributed by atoms with Crippen LogP contribution in [0.25, 0.3) is 0 Å². The molecule has 0 heterocycles. The van der Waals surface area contributed by atoms with Crippen LogP contribution in [0.4, 0.5) is 4.39 Å². The van der Waals surface area contributed by atoms with Crippen molar-refractivity contribution in [2.45, 2.75) is 19.4 Å². The van der Waals surface area contributed by atoms with Gasteiger partial charge < -0.3 is 19.9 Å². The molecular formula is C14H22FNO3. The molecule has 19 heavy (non-hydrogen) atoms. The monoisotopic (exact) mass is 271 g/mol. The third-order valence-electron chi connectivity index (χ3n) is 2.60. The second kappa shape index (κ2) is 8.85. The lowest BCUT2D eigenvalue weighted by Gasteiger charge is -2.10. The number of benzene rings is 1. The highest BCUT2D eigenvalue weighted by molar-refractivity contribution is 5.30. The Balaban J connectivity index is 2.26. The van der Waals surface area contributed by atoms with Gasteiger partial charge in [-0.2, -0.15) is 0 Å². The number of hydrogen-bond acceptors (Lipinski definition) is 4. The molecule has 0 radical (unpaired) electrons. The quantitative estimate of drug-likeness (QED) is 0.700. The summed E-state index contributed by atoms with van der Waals surface area (Å²) in [5.41, 5.74) is 6.43. The van der Waals surface area contributed by atoms with Gasteiger partial charge in [0.25, 0.3) is 0 Å². The molecule has 1 aromatic rings. The minimum Gasteiger partial charge on any atom is -0.488 e. The third-order valence-corrected chi connectivity index (χ3v) is 2.60. The van der Waals surface area contributed by atoms with Crippen molar-refractivity contribution < 1.29 is 18.6 Å². The Kier molecular flexibility index (Phi) is 7.40. The molecule has 1 aromatic carbocycles. The smallest absolute Gasteiger partial charge is 0.165 e. The Morgan fingerprint density at radius 1 is 1.21 bits per heavy atom. The van der Waals surface area contributed by atoms with E-state index >= 15 is 0 Å². The van der Waals surface area contributed by atoms with Crippen LogP contribution >= 0.6 is 0 Å². The summed E-state index contributed by atoms with van der Waals surface area (Å²) in [6.45, 7) is 3.85. The number of nitrogens with two attached hydrogens (primary N) is 1. The predicted octanol–water partition coefficient (Wildman–Crippen LogP) is 2.28. The van der Waals surface area contributed by atoms with Crippen molar-refractivity contribution in [3.05, 3.63) is 29.6 Å². The van der Waals surface area contributed by atoms with Crippen molar-refractivity contribution in [1.29, 1.82) is 0 Å². The Hall–Kier alpha value is -1.17. The molecule has 0 aliphatic carbocycles. The van der Waals surface area contributed by atoms with E-state index in [1.807, 2.05) is 6.92 Å². The van der Waals surface area contributed by atoms with Crippen LogP contribution in [0.3, 0.4) is 0 Å². The lowest BCUT2D eigenvalue weighted by atomic mass is 10.1. The van der Waals surface area contributed by atoms with Crippen LogP contribution in [-0.2, 0) is 9.47 Å². The van der Waals surface area contributed by atoms with Gasteiger partial charge in [-0.1, -0.05) is 6.07 Å². The van der Waals surface area contributed by atoms with Gasteiger partial charge in [-0.15, -0.1) is 0 Å². The zero-order valence-corrected chi connectivity index (χ0v) is 11.5. The molecule has 0 saturated heterocycles. The Morgan fingerprint density at radius 2 is 2.00 bits per heavy atom. The van der Waals surface area contributed by atoms with Gasteiger partial charge in [0.2, 0.25) is 0 Å². The minimum absolute atomic E-state index is 0.187. The maximum Gasteiger partial charge on any atom is 0.165 e. The SMILES string of the molecule is COCCCOCCOc1ccc([C@H](C)N)cc1F. The maximum atomic E-state index is 13.6. The van der Waals surface area contributed by atoms with Crippen LogP contribution < -0.4 is 10.5 Å². The number of hydrogen-bond donors (Lipinski definition) is 1. The molecule has 1 rings (SSSR count). The van der Waals surface area contributed by atoms with Crippen LogP contribution in [0.5, 0.6) is 5.75 Å². The standard InChI is InChI=1S/C14H22FNO3/c1-11(16)12-4-5-14(13(15)10-12)19-9-8-18-7-3-6-17-2/h4-5,10-11H,3,6-9,16H2,1-2H3/t11-/m0/s1. The number of ether oxygens (including phenoxy) is 3. The molecule has 0 aliphatic heterocycles. The topological polar surface area (TPSA) is 53.7 Å². The van der Waals surface area contributed by atoms with Gasteiger partial charge in [0.05, 0.1) is 6.61 Å². The lowest BCUT2D eigenvalue weighted by Crippen LogP contribution is -2.10. The highest BCUT2D eigenvalue weighted by Crippen LogP contribution is 2.20. The Labute approximate surface area is 113 Å². The zero-order chi connectivity index (χ0) is 14.1. The first-order chi connectivity index (χ1) is 9.15. The first kappa shape index (κ1) is 15.9. The third kappa shape index (κ3) is 6.00. The molecule has 0 bridgehead atoms. The fourth-order valence-corrected chi connectivity index (χ4v) is 1.54. The predicted molar refractivity (Wildman–Crippen MR) is 71.8 cm³/mol. The van der Waals surface area contributed by atoms with Gasteiger partial charge in [0, 0.05) is 26.4 Å². The molecule has 0 aliphatic rings. The first-order valence-electron chi connectivity index (χ1n) is 6.39. The molecule has 0 spiro atoms. The highest BCUT2D eigenvalue weighted by Gasteiger charge is 2.07. The number of rotatable bonds is 9. The van der Waals surface area contributed by atoms with Crippen molar-refractivity contribution >= 4 is 0 Å². The van der Waals surface area contributed by atoms with Gasteiger partial charge in [-0.3, -0.25) is 0 Å². The van der Waals surface area contributed by atoms with Crippen LogP contribution in [0.1, 0.15) is 24.9 Å². The van der Waals surface area contributed by atoms with E-state index in [1.54, 1.807) is 19.2 Å². The van der Waals surface area contributed by atoms with Gasteiger partial charge in [0.1, 0.15) is 6.61 Å². The van der Waals surface area contributed by atoms with Crippen LogP contribution in [0.15, 0.2) is 18.2 Å². The van der Waals surface area contributed by atoms with Crippen molar-refractivity contribution in [2.75, 3.05) is 33.5 Å². The summed E-state index contributed by atoms with van der Waals surface area (Å²) < 4.78 is 29.2. The highest BCUT2D eigenvalue weighted by atomic mass is 19.1. The van der Waals surface area contributed by atoms with E-state index in [4.69, 9.17) is 19.9 Å². The fraction of sp³-hybridized carbons (Fsp3) is 0.571. The molecule has 5 heteroatoms. The summed E-state index contributed by atoms with van der Waals surface area (Å²) in [5.74, 6) is -0.168. The summed E-state index contributed by atoms with van der Waals surface area (Å²) in [6.07, 6.45) is 0.841. The Morgan fingerprint density at radius 3 is 2.63 bits per heavy atom. The molecule has 0 unspecified atom stereocenters.